The number of guanidine groups is 1. The number of piperazine rings is 1. The Morgan fingerprint density at radius 3 is 2.42 bits per heavy atom. The van der Waals surface area contributed by atoms with E-state index in [9.17, 15) is 8.42 Å². The highest BCUT2D eigenvalue weighted by molar-refractivity contribution is 7.88. The normalized spacial score (nSPS) is 16.7. The molecule has 1 heterocycles. The fraction of sp³-hybridized carbons (Fsp3) is 0.611. The summed E-state index contributed by atoms with van der Waals surface area (Å²) >= 11 is 0. The first-order valence-corrected chi connectivity index (χ1v) is 10.7. The quantitative estimate of drug-likeness (QED) is 0.588. The van der Waals surface area contributed by atoms with E-state index in [2.05, 4.69) is 56.0 Å². The molecule has 0 atom stereocenters. The van der Waals surface area contributed by atoms with Crippen LogP contribution in [0.1, 0.15) is 19.4 Å². The van der Waals surface area contributed by atoms with Crippen molar-refractivity contribution in [3.05, 3.63) is 29.8 Å². The lowest BCUT2D eigenvalue weighted by Gasteiger charge is -2.38. The Hall–Kier alpha value is -1.80. The zero-order valence-corrected chi connectivity index (χ0v) is 17.2. The summed E-state index contributed by atoms with van der Waals surface area (Å²) in [5.74, 6) is 0.803. The van der Waals surface area contributed by atoms with Crippen LogP contribution in [0.4, 0.5) is 5.69 Å². The molecule has 0 bridgehead atoms. The van der Waals surface area contributed by atoms with Gasteiger partial charge in [-0.15, -0.1) is 0 Å². The monoisotopic (exact) mass is 381 g/mol. The van der Waals surface area contributed by atoms with Gasteiger partial charge in [0.15, 0.2) is 5.96 Å². The molecule has 8 heteroatoms. The number of nitrogens with zero attached hydrogens (tertiary/aromatic N) is 3. The predicted molar refractivity (Wildman–Crippen MR) is 108 cm³/mol. The number of anilines is 1. The molecule has 0 amide bonds. The summed E-state index contributed by atoms with van der Waals surface area (Å²) in [5.41, 5.74) is 1.93. The first kappa shape index (κ1) is 20.5. The van der Waals surface area contributed by atoms with Crippen molar-refractivity contribution in [3.63, 3.8) is 0 Å². The van der Waals surface area contributed by atoms with Gasteiger partial charge >= 0.3 is 0 Å². The molecule has 1 aliphatic rings. The van der Waals surface area contributed by atoms with E-state index >= 15 is 0 Å². The Labute approximate surface area is 157 Å². The molecular weight excluding hydrogens is 350 g/mol. The Morgan fingerprint density at radius 1 is 1.23 bits per heavy atom. The third-order valence-electron chi connectivity index (χ3n) is 4.31. The maximum atomic E-state index is 11.5. The van der Waals surface area contributed by atoms with Gasteiger partial charge < -0.3 is 15.1 Å². The molecule has 146 valence electrons. The van der Waals surface area contributed by atoms with Crippen LogP contribution in [-0.2, 0) is 10.0 Å². The van der Waals surface area contributed by atoms with E-state index in [1.54, 1.807) is 7.05 Å². The zero-order valence-electron chi connectivity index (χ0n) is 16.4. The summed E-state index contributed by atoms with van der Waals surface area (Å²) in [6.07, 6.45) is 1.17. The molecule has 0 saturated carbocycles. The van der Waals surface area contributed by atoms with E-state index < -0.39 is 15.6 Å². The highest BCUT2D eigenvalue weighted by atomic mass is 32.2. The van der Waals surface area contributed by atoms with Crippen LogP contribution in [0.3, 0.4) is 0 Å². The lowest BCUT2D eigenvalue weighted by atomic mass is 10.1. The number of hydrogen-bond donors (Lipinski definition) is 2. The summed E-state index contributed by atoms with van der Waals surface area (Å²) in [7, 11) is -1.50. The van der Waals surface area contributed by atoms with Crippen molar-refractivity contribution in [2.75, 3.05) is 50.9 Å². The van der Waals surface area contributed by atoms with Crippen LogP contribution < -0.4 is 14.9 Å². The summed E-state index contributed by atoms with van der Waals surface area (Å²) in [6, 6.07) is 8.56. The molecule has 0 aromatic heterocycles. The van der Waals surface area contributed by atoms with Gasteiger partial charge in [-0.1, -0.05) is 12.1 Å². The van der Waals surface area contributed by atoms with Gasteiger partial charge in [-0.3, -0.25) is 4.99 Å². The van der Waals surface area contributed by atoms with Gasteiger partial charge in [-0.25, -0.2) is 13.1 Å². The molecule has 0 aliphatic carbocycles. The van der Waals surface area contributed by atoms with Crippen molar-refractivity contribution in [2.45, 2.75) is 26.3 Å². The molecule has 1 fully saturated rings. The molecule has 1 aromatic rings. The molecule has 1 aliphatic heterocycles. The second kappa shape index (κ2) is 8.26. The Morgan fingerprint density at radius 2 is 1.88 bits per heavy atom. The van der Waals surface area contributed by atoms with Crippen molar-refractivity contribution in [1.82, 2.24) is 14.9 Å². The minimum absolute atomic E-state index is 0.463. The van der Waals surface area contributed by atoms with Gasteiger partial charge in [-0.05, 0) is 38.5 Å². The lowest BCUT2D eigenvalue weighted by molar-refractivity contribution is 0.363. The molecule has 7 nitrogen and oxygen atoms in total. The van der Waals surface area contributed by atoms with Crippen LogP contribution in [-0.4, -0.2) is 70.8 Å². The predicted octanol–water partition coefficient (Wildman–Crippen LogP) is 1.02. The van der Waals surface area contributed by atoms with Gasteiger partial charge in [0.2, 0.25) is 10.0 Å². The lowest BCUT2D eigenvalue weighted by Crippen LogP contribution is -2.56. The average molecular weight is 382 g/mol. The smallest absolute Gasteiger partial charge is 0.209 e. The van der Waals surface area contributed by atoms with Gasteiger partial charge in [0.25, 0.3) is 0 Å². The summed E-state index contributed by atoms with van der Waals surface area (Å²) in [6.45, 7) is 9.86. The summed E-state index contributed by atoms with van der Waals surface area (Å²) < 4.78 is 25.6. The number of aryl methyl sites for hydroxylation is 1. The van der Waals surface area contributed by atoms with Crippen molar-refractivity contribution in [2.24, 2.45) is 4.99 Å². The van der Waals surface area contributed by atoms with E-state index in [-0.39, 0.29) is 0 Å². The minimum Gasteiger partial charge on any atom is -0.368 e. The molecule has 26 heavy (non-hydrogen) atoms. The molecule has 2 rings (SSSR count). The maximum absolute atomic E-state index is 11.5. The third-order valence-corrected chi connectivity index (χ3v) is 5.23. The fourth-order valence-corrected chi connectivity index (χ4v) is 4.25. The van der Waals surface area contributed by atoms with Gasteiger partial charge in [0.1, 0.15) is 0 Å². The molecule has 1 saturated heterocycles. The Kier molecular flexibility index (Phi) is 6.52. The van der Waals surface area contributed by atoms with E-state index in [4.69, 9.17) is 0 Å². The standard InChI is InChI=1S/C18H31N5O2S/c1-15-7-6-8-16(13-15)22-9-11-23(12-10-22)17(19-4)20-14-18(2,3)21-26(5,24)25/h6-8,13,21H,9-12,14H2,1-5H3,(H,19,20). The van der Waals surface area contributed by atoms with E-state index in [1.807, 2.05) is 13.8 Å². The number of benzene rings is 1. The number of hydrogen-bond acceptors (Lipinski definition) is 4. The number of rotatable bonds is 5. The van der Waals surface area contributed by atoms with Crippen molar-refractivity contribution >= 4 is 21.7 Å². The van der Waals surface area contributed by atoms with E-state index in [0.29, 0.717) is 6.54 Å². The second-order valence-corrected chi connectivity index (χ2v) is 9.22. The van der Waals surface area contributed by atoms with Crippen LogP contribution in [0.25, 0.3) is 0 Å². The molecule has 2 N–H and O–H groups in total. The van der Waals surface area contributed by atoms with E-state index in [1.165, 1.54) is 17.5 Å². The van der Waals surface area contributed by atoms with E-state index in [0.717, 1.165) is 32.1 Å². The van der Waals surface area contributed by atoms with Crippen LogP contribution >= 0.6 is 0 Å². The molecule has 0 spiro atoms. The number of nitrogens with one attached hydrogen (secondary N) is 2. The van der Waals surface area contributed by atoms with Crippen LogP contribution in [0.15, 0.2) is 29.3 Å². The number of aliphatic imine (C=N–C) groups is 1. The zero-order chi connectivity index (χ0) is 19.4. The molecule has 0 unspecified atom stereocenters. The summed E-state index contributed by atoms with van der Waals surface area (Å²) in [5, 5.41) is 3.30. The summed E-state index contributed by atoms with van der Waals surface area (Å²) in [4.78, 5) is 8.95. The molecule has 1 aromatic carbocycles. The Balaban J connectivity index is 1.90. The van der Waals surface area contributed by atoms with Crippen molar-refractivity contribution in [1.29, 1.82) is 0 Å². The van der Waals surface area contributed by atoms with Crippen molar-refractivity contribution < 1.29 is 8.42 Å². The highest BCUT2D eigenvalue weighted by Crippen LogP contribution is 2.17. The third kappa shape index (κ3) is 6.17. The topological polar surface area (TPSA) is 77.0 Å². The first-order chi connectivity index (χ1) is 12.1. The highest BCUT2D eigenvalue weighted by Gasteiger charge is 2.25. The van der Waals surface area contributed by atoms with Crippen LogP contribution in [0, 0.1) is 6.92 Å². The van der Waals surface area contributed by atoms with Gasteiger partial charge in [0, 0.05) is 51.0 Å². The number of sulfonamides is 1. The first-order valence-electron chi connectivity index (χ1n) is 8.86. The van der Waals surface area contributed by atoms with Crippen LogP contribution in [0.2, 0.25) is 0 Å². The molecular formula is C18H31N5O2S. The van der Waals surface area contributed by atoms with Gasteiger partial charge in [-0.2, -0.15) is 0 Å². The van der Waals surface area contributed by atoms with Crippen molar-refractivity contribution in [3.8, 4) is 0 Å². The van der Waals surface area contributed by atoms with Gasteiger partial charge in [0.05, 0.1) is 6.26 Å². The maximum Gasteiger partial charge on any atom is 0.209 e. The Bertz CT molecular complexity index is 738. The SMILES string of the molecule is CN=C(NCC(C)(C)NS(C)(=O)=O)N1CCN(c2cccc(C)c2)CC1. The molecule has 0 radical (unpaired) electrons. The average Bonchev–Trinajstić information content (AvgIpc) is 2.53. The largest absolute Gasteiger partial charge is 0.368 e. The second-order valence-electron chi connectivity index (χ2n) is 7.47. The minimum atomic E-state index is -3.25. The fourth-order valence-electron chi connectivity index (χ4n) is 3.17. The van der Waals surface area contributed by atoms with Crippen LogP contribution in [0.5, 0.6) is 0 Å².